The number of nitrogens with zero attached hydrogens (tertiary/aromatic N) is 2. The fraction of sp³-hybridized carbons (Fsp3) is 0.500. The number of aliphatic hydroxyl groups excluding tert-OH is 3. The number of aromatic nitrogens is 3. The van der Waals surface area contributed by atoms with Gasteiger partial charge in [-0.15, -0.1) is 0 Å². The lowest BCUT2D eigenvalue weighted by Gasteiger charge is -2.17. The predicted molar refractivity (Wildman–Crippen MR) is 68.1 cm³/mol. The predicted octanol–water partition coefficient (Wildman–Crippen LogP) is -1.36. The minimum atomic E-state index is -1.20. The third-order valence-electron chi connectivity index (χ3n) is 3.49. The Kier molecular flexibility index (Phi) is 3.09. The van der Waals surface area contributed by atoms with Crippen molar-refractivity contribution in [1.82, 2.24) is 14.5 Å². The Morgan fingerprint density at radius 2 is 2.20 bits per heavy atom. The lowest BCUT2D eigenvalue weighted by molar-refractivity contribution is -0.0508. The maximum absolute atomic E-state index is 11.8. The van der Waals surface area contributed by atoms with Gasteiger partial charge in [0.05, 0.1) is 12.0 Å². The van der Waals surface area contributed by atoms with Crippen molar-refractivity contribution in [3.05, 3.63) is 28.4 Å². The van der Waals surface area contributed by atoms with Gasteiger partial charge in [-0.25, -0.2) is 4.98 Å². The van der Waals surface area contributed by atoms with E-state index in [-0.39, 0.29) is 5.56 Å². The van der Waals surface area contributed by atoms with Crippen molar-refractivity contribution in [3.63, 3.8) is 0 Å². The highest BCUT2D eigenvalue weighted by Gasteiger charge is 2.43. The molecule has 2 aromatic rings. The van der Waals surface area contributed by atoms with Gasteiger partial charge in [-0.05, 0) is 13.0 Å². The van der Waals surface area contributed by atoms with E-state index in [0.29, 0.717) is 16.9 Å². The molecule has 0 bridgehead atoms. The summed E-state index contributed by atoms with van der Waals surface area (Å²) in [6.07, 6.45) is -2.59. The normalized spacial score (nSPS) is 30.2. The summed E-state index contributed by atoms with van der Waals surface area (Å²) < 4.78 is 6.92. The Balaban J connectivity index is 2.09. The lowest BCUT2D eigenvalue weighted by atomic mass is 10.1. The number of aryl methyl sites for hydroxylation is 1. The number of rotatable bonds is 2. The third kappa shape index (κ3) is 1.85. The molecule has 0 unspecified atom stereocenters. The van der Waals surface area contributed by atoms with Crippen LogP contribution in [0.3, 0.4) is 0 Å². The fourth-order valence-electron chi connectivity index (χ4n) is 2.47. The topological polar surface area (TPSA) is 121 Å². The Morgan fingerprint density at radius 1 is 1.45 bits per heavy atom. The second-order valence-corrected chi connectivity index (χ2v) is 4.84. The van der Waals surface area contributed by atoms with Crippen molar-refractivity contribution >= 4 is 11.0 Å². The number of H-pyrrole nitrogens is 1. The van der Waals surface area contributed by atoms with Crippen LogP contribution in [-0.4, -0.2) is 54.8 Å². The molecule has 1 aliphatic rings. The van der Waals surface area contributed by atoms with Crippen LogP contribution in [0.1, 0.15) is 12.1 Å². The molecule has 0 amide bonds. The molecule has 108 valence electrons. The summed E-state index contributed by atoms with van der Waals surface area (Å²) in [6, 6.07) is 1.56. The van der Waals surface area contributed by atoms with Crippen molar-refractivity contribution in [3.8, 4) is 0 Å². The first-order valence-electron chi connectivity index (χ1n) is 6.23. The van der Waals surface area contributed by atoms with Gasteiger partial charge in [0, 0.05) is 6.20 Å². The number of fused-ring (bicyclic) bond motifs is 1. The van der Waals surface area contributed by atoms with E-state index in [1.54, 1.807) is 19.2 Å². The maximum atomic E-state index is 11.8. The summed E-state index contributed by atoms with van der Waals surface area (Å²) in [5.74, 6) is 0.439. The number of aromatic amines is 1. The zero-order valence-electron chi connectivity index (χ0n) is 10.7. The second kappa shape index (κ2) is 4.67. The van der Waals surface area contributed by atoms with Gasteiger partial charge in [0.2, 0.25) is 0 Å². The number of nitrogens with one attached hydrogen (secondary N) is 1. The van der Waals surface area contributed by atoms with Crippen molar-refractivity contribution in [2.24, 2.45) is 0 Å². The summed E-state index contributed by atoms with van der Waals surface area (Å²) >= 11 is 0. The second-order valence-electron chi connectivity index (χ2n) is 4.84. The molecule has 1 fully saturated rings. The summed E-state index contributed by atoms with van der Waals surface area (Å²) in [4.78, 5) is 18.6. The minimum Gasteiger partial charge on any atom is -0.394 e. The lowest BCUT2D eigenvalue weighted by Crippen LogP contribution is -2.33. The van der Waals surface area contributed by atoms with Gasteiger partial charge >= 0.3 is 0 Å². The van der Waals surface area contributed by atoms with Gasteiger partial charge in [-0.1, -0.05) is 0 Å². The first-order valence-corrected chi connectivity index (χ1v) is 6.23. The molecule has 8 nitrogen and oxygen atoms in total. The standard InChI is InChI=1S/C12H15N3O5/c1-5-13-10-6(11(19)14-5)2-3-15(10)12-9(18)8(17)7(4-16)20-12/h2-3,7-9,12,16-18H,4H2,1H3,(H,13,14,19)/t7-,8-,9-,12-/m1/s1. The molecular weight excluding hydrogens is 266 g/mol. The molecule has 0 saturated carbocycles. The zero-order valence-corrected chi connectivity index (χ0v) is 10.7. The third-order valence-corrected chi connectivity index (χ3v) is 3.49. The van der Waals surface area contributed by atoms with E-state index in [9.17, 15) is 15.0 Å². The minimum absolute atomic E-state index is 0.280. The van der Waals surface area contributed by atoms with Gasteiger partial charge < -0.3 is 29.6 Å². The number of aliphatic hydroxyl groups is 3. The van der Waals surface area contributed by atoms with Crippen LogP contribution in [0, 0.1) is 6.92 Å². The summed E-state index contributed by atoms with van der Waals surface area (Å²) in [5, 5.41) is 29.2. The molecule has 8 heteroatoms. The van der Waals surface area contributed by atoms with Crippen molar-refractivity contribution < 1.29 is 20.1 Å². The van der Waals surface area contributed by atoms with Gasteiger partial charge in [0.15, 0.2) is 6.23 Å². The van der Waals surface area contributed by atoms with E-state index in [4.69, 9.17) is 9.84 Å². The SMILES string of the molecule is Cc1nc2c(ccn2[C@@H]2O[C@H](CO)[C@@H](O)[C@H]2O)c(=O)[nH]1. The molecule has 4 N–H and O–H groups in total. The quantitative estimate of drug-likeness (QED) is 0.540. The first-order chi connectivity index (χ1) is 9.52. The molecule has 0 radical (unpaired) electrons. The summed E-state index contributed by atoms with van der Waals surface area (Å²) in [6.45, 7) is 1.25. The zero-order chi connectivity index (χ0) is 14.4. The van der Waals surface area contributed by atoms with Gasteiger partial charge in [0.25, 0.3) is 5.56 Å². The van der Waals surface area contributed by atoms with Crippen LogP contribution in [0.4, 0.5) is 0 Å². The highest BCUT2D eigenvalue weighted by molar-refractivity contribution is 5.75. The largest absolute Gasteiger partial charge is 0.394 e. The average molecular weight is 281 g/mol. The van der Waals surface area contributed by atoms with E-state index in [1.807, 2.05) is 0 Å². The van der Waals surface area contributed by atoms with Crippen LogP contribution in [0.2, 0.25) is 0 Å². The maximum Gasteiger partial charge on any atom is 0.260 e. The highest BCUT2D eigenvalue weighted by Crippen LogP contribution is 2.31. The molecule has 0 aromatic carbocycles. The van der Waals surface area contributed by atoms with E-state index in [0.717, 1.165) is 0 Å². The van der Waals surface area contributed by atoms with E-state index < -0.39 is 31.1 Å². The Labute approximate surface area is 113 Å². The molecule has 3 heterocycles. The van der Waals surface area contributed by atoms with Gasteiger partial charge in [-0.3, -0.25) is 4.79 Å². The van der Waals surface area contributed by atoms with Crippen LogP contribution in [0.25, 0.3) is 11.0 Å². The molecule has 0 aliphatic carbocycles. The van der Waals surface area contributed by atoms with Crippen LogP contribution >= 0.6 is 0 Å². The Hall–Kier alpha value is -1.74. The smallest absolute Gasteiger partial charge is 0.260 e. The van der Waals surface area contributed by atoms with Crippen molar-refractivity contribution in [2.45, 2.75) is 31.5 Å². The molecule has 1 aliphatic heterocycles. The van der Waals surface area contributed by atoms with Crippen LogP contribution in [0.15, 0.2) is 17.1 Å². The van der Waals surface area contributed by atoms with Crippen LogP contribution < -0.4 is 5.56 Å². The van der Waals surface area contributed by atoms with Crippen LogP contribution in [-0.2, 0) is 4.74 Å². The molecule has 20 heavy (non-hydrogen) atoms. The highest BCUT2D eigenvalue weighted by atomic mass is 16.6. The summed E-state index contributed by atoms with van der Waals surface area (Å²) in [5.41, 5.74) is 0.0825. The number of hydrogen-bond acceptors (Lipinski definition) is 6. The van der Waals surface area contributed by atoms with Crippen LogP contribution in [0.5, 0.6) is 0 Å². The monoisotopic (exact) mass is 281 g/mol. The van der Waals surface area contributed by atoms with Crippen molar-refractivity contribution in [2.75, 3.05) is 6.61 Å². The fourth-order valence-corrected chi connectivity index (χ4v) is 2.47. The molecule has 2 aromatic heterocycles. The molecule has 3 rings (SSSR count). The van der Waals surface area contributed by atoms with Gasteiger partial charge in [0.1, 0.15) is 29.8 Å². The Bertz CT molecular complexity index is 694. The number of ether oxygens (including phenoxy) is 1. The molecule has 4 atom stereocenters. The number of hydrogen-bond donors (Lipinski definition) is 4. The summed E-state index contributed by atoms with van der Waals surface area (Å²) in [7, 11) is 0. The van der Waals surface area contributed by atoms with E-state index >= 15 is 0 Å². The Morgan fingerprint density at radius 3 is 2.85 bits per heavy atom. The van der Waals surface area contributed by atoms with E-state index in [1.165, 1.54) is 4.57 Å². The van der Waals surface area contributed by atoms with E-state index in [2.05, 4.69) is 9.97 Å². The molecule has 0 spiro atoms. The average Bonchev–Trinajstić information content (AvgIpc) is 2.93. The molecule has 1 saturated heterocycles. The molecular formula is C12H15N3O5. The first kappa shape index (κ1) is 13.3. The van der Waals surface area contributed by atoms with Crippen molar-refractivity contribution in [1.29, 1.82) is 0 Å². The van der Waals surface area contributed by atoms with Gasteiger partial charge in [-0.2, -0.15) is 0 Å².